The van der Waals surface area contributed by atoms with Crippen LogP contribution < -0.4 is 0 Å². The molecule has 51 heavy (non-hydrogen) atoms. The summed E-state index contributed by atoms with van der Waals surface area (Å²) in [4.78, 5) is 0. The molecule has 0 atom stereocenters. The van der Waals surface area contributed by atoms with E-state index in [0.29, 0.717) is 0 Å². The third-order valence-corrected chi connectivity index (χ3v) is 10.9. The molecule has 0 spiro atoms. The van der Waals surface area contributed by atoms with Crippen LogP contribution in [-0.2, 0) is 6.42 Å². The lowest BCUT2D eigenvalue weighted by Gasteiger charge is -2.11. The first kappa shape index (κ1) is 28.2. The van der Waals surface area contributed by atoms with Gasteiger partial charge in [0.15, 0.2) is 0 Å². The fourth-order valence-corrected chi connectivity index (χ4v) is 8.57. The zero-order valence-corrected chi connectivity index (χ0v) is 27.9. The topological polar surface area (TPSA) is 9.86 Å². The van der Waals surface area contributed by atoms with E-state index in [0.717, 1.165) is 6.42 Å². The molecule has 2 heterocycles. The van der Waals surface area contributed by atoms with Crippen LogP contribution in [0.25, 0.3) is 88.4 Å². The van der Waals surface area contributed by atoms with E-state index in [9.17, 15) is 0 Å². The van der Waals surface area contributed by atoms with Crippen LogP contribution in [0, 0.1) is 0 Å². The monoisotopic (exact) mass is 648 g/mol. The lowest BCUT2D eigenvalue weighted by molar-refractivity contribution is 1.17. The van der Waals surface area contributed by atoms with E-state index in [-0.39, 0.29) is 0 Å². The third kappa shape index (κ3) is 4.30. The molecule has 0 radical (unpaired) electrons. The minimum absolute atomic E-state index is 1.01. The summed E-state index contributed by atoms with van der Waals surface area (Å²) < 4.78 is 4.85. The zero-order chi connectivity index (χ0) is 33.5. The quantitative estimate of drug-likeness (QED) is 0.180. The largest absolute Gasteiger partial charge is 0.309 e. The molecule has 8 aromatic carbocycles. The van der Waals surface area contributed by atoms with Crippen LogP contribution in [0.5, 0.6) is 0 Å². The van der Waals surface area contributed by atoms with Gasteiger partial charge >= 0.3 is 0 Å². The van der Waals surface area contributed by atoms with Crippen molar-refractivity contribution in [2.75, 3.05) is 0 Å². The van der Waals surface area contributed by atoms with Gasteiger partial charge in [-0.2, -0.15) is 0 Å². The first-order valence-electron chi connectivity index (χ1n) is 17.7. The predicted octanol–water partition coefficient (Wildman–Crippen LogP) is 12.8. The van der Waals surface area contributed by atoms with E-state index >= 15 is 0 Å². The van der Waals surface area contributed by atoms with Crippen molar-refractivity contribution in [2.45, 2.75) is 6.42 Å². The normalized spacial score (nSPS) is 12.2. The van der Waals surface area contributed by atoms with Crippen molar-refractivity contribution in [3.05, 3.63) is 193 Å². The maximum Gasteiger partial charge on any atom is 0.0541 e. The highest BCUT2D eigenvalue weighted by molar-refractivity contribution is 6.12. The van der Waals surface area contributed by atoms with Crippen LogP contribution in [-0.4, -0.2) is 9.13 Å². The number of rotatable bonds is 4. The van der Waals surface area contributed by atoms with Crippen molar-refractivity contribution in [1.82, 2.24) is 9.13 Å². The smallest absolute Gasteiger partial charge is 0.0541 e. The van der Waals surface area contributed by atoms with Gasteiger partial charge in [0, 0.05) is 32.9 Å². The number of para-hydroxylation sites is 2. The van der Waals surface area contributed by atoms with Crippen LogP contribution >= 0.6 is 0 Å². The van der Waals surface area contributed by atoms with Crippen molar-refractivity contribution >= 4 is 43.6 Å². The Balaban J connectivity index is 1.06. The van der Waals surface area contributed by atoms with E-state index in [2.05, 4.69) is 191 Å². The summed E-state index contributed by atoms with van der Waals surface area (Å²) >= 11 is 0. The van der Waals surface area contributed by atoms with E-state index in [1.54, 1.807) is 0 Å². The first-order valence-corrected chi connectivity index (χ1v) is 17.7. The summed E-state index contributed by atoms with van der Waals surface area (Å²) in [5.41, 5.74) is 17.7. The molecule has 1 aliphatic rings. The minimum Gasteiger partial charge on any atom is -0.309 e. The Morgan fingerprint density at radius 3 is 1.53 bits per heavy atom. The highest BCUT2D eigenvalue weighted by Gasteiger charge is 2.21. The highest BCUT2D eigenvalue weighted by atomic mass is 15.0. The van der Waals surface area contributed by atoms with Crippen molar-refractivity contribution in [2.24, 2.45) is 0 Å². The second-order valence-corrected chi connectivity index (χ2v) is 13.8. The second kappa shape index (κ2) is 10.9. The standard InChI is InChI=1S/C49H32N2/c1-2-11-32(12-3-1)33-14-10-15-38(28-33)50-46-19-8-6-17-41(46)44-29-34(22-25-48(44)50)35-23-26-49-45(30-35)42-18-7-9-20-47(42)51(49)39-24-21-37-27-36-13-4-5-16-40(36)43(37)31-39/h1-26,28-31H,27H2. The van der Waals surface area contributed by atoms with Crippen LogP contribution in [0.1, 0.15) is 11.1 Å². The molecule has 0 fully saturated rings. The average Bonchev–Trinajstić information content (AvgIpc) is 3.85. The van der Waals surface area contributed by atoms with Crippen LogP contribution in [0.2, 0.25) is 0 Å². The lowest BCUT2D eigenvalue weighted by Crippen LogP contribution is -1.95. The van der Waals surface area contributed by atoms with Crippen LogP contribution in [0.15, 0.2) is 182 Å². The molecular weight excluding hydrogens is 617 g/mol. The highest BCUT2D eigenvalue weighted by Crippen LogP contribution is 2.41. The predicted molar refractivity (Wildman–Crippen MR) is 214 cm³/mol. The molecule has 11 rings (SSSR count). The Hall–Kier alpha value is -6.64. The first-order chi connectivity index (χ1) is 25.3. The molecule has 0 aliphatic heterocycles. The summed E-state index contributed by atoms with van der Waals surface area (Å²) in [6.07, 6.45) is 1.01. The molecule has 0 bridgehead atoms. The number of nitrogens with zero attached hydrogens (tertiary/aromatic N) is 2. The molecule has 0 N–H and O–H groups in total. The van der Waals surface area contributed by atoms with Crippen molar-refractivity contribution < 1.29 is 0 Å². The molecule has 2 heteroatoms. The average molecular weight is 649 g/mol. The van der Waals surface area contributed by atoms with Gasteiger partial charge in [0.05, 0.1) is 22.1 Å². The van der Waals surface area contributed by atoms with Gasteiger partial charge in [0.2, 0.25) is 0 Å². The van der Waals surface area contributed by atoms with Crippen molar-refractivity contribution in [3.8, 4) is 44.8 Å². The molecule has 2 nitrogen and oxygen atoms in total. The Morgan fingerprint density at radius 2 is 0.824 bits per heavy atom. The Kier molecular flexibility index (Phi) is 6.05. The molecule has 0 unspecified atom stereocenters. The summed E-state index contributed by atoms with van der Waals surface area (Å²) in [5, 5.41) is 5.06. The van der Waals surface area contributed by atoms with Gasteiger partial charge in [0.1, 0.15) is 0 Å². The third-order valence-electron chi connectivity index (χ3n) is 10.9. The summed E-state index contributed by atoms with van der Waals surface area (Å²) in [6.45, 7) is 0. The van der Waals surface area contributed by atoms with Gasteiger partial charge in [-0.1, -0.05) is 121 Å². The van der Waals surface area contributed by atoms with E-state index in [4.69, 9.17) is 0 Å². The summed E-state index contributed by atoms with van der Waals surface area (Å²) in [7, 11) is 0. The summed E-state index contributed by atoms with van der Waals surface area (Å²) in [5.74, 6) is 0. The molecule has 0 saturated heterocycles. The van der Waals surface area contributed by atoms with Gasteiger partial charge in [-0.3, -0.25) is 0 Å². The molecule has 10 aromatic rings. The molecule has 0 saturated carbocycles. The maximum absolute atomic E-state index is 2.44. The Bertz CT molecular complexity index is 2990. The van der Waals surface area contributed by atoms with Crippen molar-refractivity contribution in [3.63, 3.8) is 0 Å². The van der Waals surface area contributed by atoms with Gasteiger partial charge in [0.25, 0.3) is 0 Å². The maximum atomic E-state index is 2.44. The molecular formula is C49H32N2. The van der Waals surface area contributed by atoms with Crippen molar-refractivity contribution in [1.29, 1.82) is 0 Å². The zero-order valence-electron chi connectivity index (χ0n) is 27.9. The molecule has 238 valence electrons. The molecule has 1 aliphatic carbocycles. The van der Waals surface area contributed by atoms with E-state index in [1.165, 1.54) is 99.5 Å². The van der Waals surface area contributed by atoms with E-state index < -0.39 is 0 Å². The number of hydrogen-bond acceptors (Lipinski definition) is 0. The SMILES string of the molecule is c1ccc(-c2cccc(-n3c4ccccc4c4cc(-c5ccc6c(c5)c5ccccc5n6-c5ccc6c(c5)-c5ccccc5C6)ccc43)c2)cc1. The second-order valence-electron chi connectivity index (χ2n) is 13.8. The summed E-state index contributed by atoms with van der Waals surface area (Å²) in [6, 6.07) is 66.9. The lowest BCUT2D eigenvalue weighted by atomic mass is 10.0. The van der Waals surface area contributed by atoms with Gasteiger partial charge in [-0.05, 0) is 112 Å². The van der Waals surface area contributed by atoms with Crippen LogP contribution in [0.3, 0.4) is 0 Å². The van der Waals surface area contributed by atoms with Crippen LogP contribution in [0.4, 0.5) is 0 Å². The number of benzene rings is 8. The number of hydrogen-bond donors (Lipinski definition) is 0. The fraction of sp³-hybridized carbons (Fsp3) is 0.0204. The van der Waals surface area contributed by atoms with Gasteiger partial charge in [-0.25, -0.2) is 0 Å². The minimum atomic E-state index is 1.01. The number of aromatic nitrogens is 2. The van der Waals surface area contributed by atoms with E-state index in [1.807, 2.05) is 0 Å². The Morgan fingerprint density at radius 1 is 0.294 bits per heavy atom. The van der Waals surface area contributed by atoms with Gasteiger partial charge < -0.3 is 9.13 Å². The fourth-order valence-electron chi connectivity index (χ4n) is 8.57. The van der Waals surface area contributed by atoms with Gasteiger partial charge in [-0.15, -0.1) is 0 Å². The number of fused-ring (bicyclic) bond motifs is 9. The molecule has 0 amide bonds. The molecule has 2 aromatic heterocycles. The Labute approximate surface area is 296 Å².